The average molecular weight is 199 g/mol. The molecule has 82 valence electrons. The number of hydrogen-bond donors (Lipinski definition) is 2. The van der Waals surface area contributed by atoms with Gasteiger partial charge in [0.25, 0.3) is 0 Å². The maximum atomic E-state index is 11.1. The molecule has 0 radical (unpaired) electrons. The Morgan fingerprint density at radius 3 is 2.86 bits per heavy atom. The first kappa shape index (κ1) is 11.5. The third-order valence-corrected chi connectivity index (χ3v) is 2.48. The van der Waals surface area contributed by atoms with E-state index in [4.69, 9.17) is 5.73 Å². The zero-order valence-corrected chi connectivity index (χ0v) is 9.18. The normalized spacial score (nSPS) is 20.4. The van der Waals surface area contributed by atoms with Crippen molar-refractivity contribution in [3.8, 4) is 0 Å². The molecule has 1 rings (SSSR count). The summed E-state index contributed by atoms with van der Waals surface area (Å²) in [6.07, 6.45) is 1.59. The zero-order chi connectivity index (χ0) is 10.6. The van der Waals surface area contributed by atoms with Crippen LogP contribution < -0.4 is 11.1 Å². The van der Waals surface area contributed by atoms with Crippen LogP contribution in [0.25, 0.3) is 0 Å². The summed E-state index contributed by atoms with van der Waals surface area (Å²) in [5.74, 6) is 0.166. The molecule has 0 aromatic heterocycles. The Morgan fingerprint density at radius 1 is 1.50 bits per heavy atom. The highest BCUT2D eigenvalue weighted by Crippen LogP contribution is 2.06. The lowest BCUT2D eigenvalue weighted by atomic mass is 10.0. The summed E-state index contributed by atoms with van der Waals surface area (Å²) in [6.45, 7) is 7.63. The molecule has 1 aliphatic heterocycles. The Balaban J connectivity index is 2.27. The van der Waals surface area contributed by atoms with Crippen LogP contribution in [0.5, 0.6) is 0 Å². The molecular formula is C10H21N3O. The van der Waals surface area contributed by atoms with Gasteiger partial charge in [0.05, 0.1) is 0 Å². The standard InChI is InChI=1S/C10H21N3O/c1-10(2,11)4-7-13-6-3-9(14)12-5-8-13/h3-8,11H2,1-2H3,(H,12,14). The number of nitrogens with two attached hydrogens (primary N) is 1. The molecule has 0 bridgehead atoms. The van der Waals surface area contributed by atoms with E-state index in [2.05, 4.69) is 10.2 Å². The molecule has 0 saturated carbocycles. The molecule has 3 N–H and O–H groups in total. The molecule has 4 nitrogen and oxygen atoms in total. The van der Waals surface area contributed by atoms with Crippen LogP contribution in [0.1, 0.15) is 26.7 Å². The number of carbonyl (C=O) groups excluding carboxylic acids is 1. The highest BCUT2D eigenvalue weighted by atomic mass is 16.1. The molecule has 0 aromatic rings. The predicted octanol–water partition coefficient (Wildman–Crippen LogP) is -0.0643. The Morgan fingerprint density at radius 2 is 2.21 bits per heavy atom. The SMILES string of the molecule is CC(C)(N)CCN1CCNC(=O)CC1. The lowest BCUT2D eigenvalue weighted by Gasteiger charge is -2.24. The summed E-state index contributed by atoms with van der Waals surface area (Å²) in [5, 5.41) is 2.86. The van der Waals surface area contributed by atoms with Crippen molar-refractivity contribution >= 4 is 5.91 Å². The molecule has 1 saturated heterocycles. The van der Waals surface area contributed by atoms with Crippen LogP contribution in [0.2, 0.25) is 0 Å². The molecule has 0 unspecified atom stereocenters. The number of nitrogens with zero attached hydrogens (tertiary/aromatic N) is 1. The van der Waals surface area contributed by atoms with Gasteiger partial charge in [0.15, 0.2) is 0 Å². The monoisotopic (exact) mass is 199 g/mol. The van der Waals surface area contributed by atoms with Crippen LogP contribution in [0.3, 0.4) is 0 Å². The van der Waals surface area contributed by atoms with E-state index in [-0.39, 0.29) is 11.4 Å². The lowest BCUT2D eigenvalue weighted by Crippen LogP contribution is -2.38. The van der Waals surface area contributed by atoms with Gasteiger partial charge in [-0.1, -0.05) is 0 Å². The third-order valence-electron chi connectivity index (χ3n) is 2.48. The van der Waals surface area contributed by atoms with Crippen LogP contribution >= 0.6 is 0 Å². The fourth-order valence-corrected chi connectivity index (χ4v) is 1.48. The van der Waals surface area contributed by atoms with Gasteiger partial charge in [0, 0.05) is 31.6 Å². The van der Waals surface area contributed by atoms with Crippen LogP contribution in [0.4, 0.5) is 0 Å². The van der Waals surface area contributed by atoms with Crippen molar-refractivity contribution < 1.29 is 4.79 Å². The second-order valence-electron chi connectivity index (χ2n) is 4.68. The summed E-state index contributed by atoms with van der Waals surface area (Å²) in [4.78, 5) is 13.4. The number of amides is 1. The van der Waals surface area contributed by atoms with Crippen molar-refractivity contribution in [3.05, 3.63) is 0 Å². The highest BCUT2D eigenvalue weighted by Gasteiger charge is 2.16. The van der Waals surface area contributed by atoms with E-state index in [9.17, 15) is 4.79 Å². The second kappa shape index (κ2) is 4.75. The highest BCUT2D eigenvalue weighted by molar-refractivity contribution is 5.76. The van der Waals surface area contributed by atoms with Gasteiger partial charge in [-0.3, -0.25) is 4.79 Å². The summed E-state index contributed by atoms with van der Waals surface area (Å²) < 4.78 is 0. The van der Waals surface area contributed by atoms with Crippen molar-refractivity contribution in [2.45, 2.75) is 32.2 Å². The van der Waals surface area contributed by atoms with E-state index in [1.807, 2.05) is 13.8 Å². The van der Waals surface area contributed by atoms with Gasteiger partial charge in [0.1, 0.15) is 0 Å². The molecule has 14 heavy (non-hydrogen) atoms. The van der Waals surface area contributed by atoms with Crippen molar-refractivity contribution in [2.75, 3.05) is 26.2 Å². The van der Waals surface area contributed by atoms with Crippen LogP contribution in [0.15, 0.2) is 0 Å². The van der Waals surface area contributed by atoms with E-state index in [1.54, 1.807) is 0 Å². The molecule has 0 aliphatic carbocycles. The number of nitrogens with one attached hydrogen (secondary N) is 1. The molecule has 1 amide bonds. The fourth-order valence-electron chi connectivity index (χ4n) is 1.48. The van der Waals surface area contributed by atoms with Gasteiger partial charge in [-0.2, -0.15) is 0 Å². The first-order valence-electron chi connectivity index (χ1n) is 5.25. The number of carbonyl (C=O) groups is 1. The Bertz CT molecular complexity index is 198. The van der Waals surface area contributed by atoms with Crippen LogP contribution in [-0.2, 0) is 4.79 Å². The maximum absolute atomic E-state index is 11.1. The number of rotatable bonds is 3. The summed E-state index contributed by atoms with van der Waals surface area (Å²) >= 11 is 0. The first-order valence-corrected chi connectivity index (χ1v) is 5.25. The van der Waals surface area contributed by atoms with Crippen molar-refractivity contribution in [2.24, 2.45) is 5.73 Å². The molecule has 1 heterocycles. The second-order valence-corrected chi connectivity index (χ2v) is 4.68. The summed E-state index contributed by atoms with van der Waals surface area (Å²) in [6, 6.07) is 0. The van der Waals surface area contributed by atoms with Gasteiger partial charge in [0.2, 0.25) is 5.91 Å². The van der Waals surface area contributed by atoms with E-state index in [0.29, 0.717) is 6.42 Å². The molecular weight excluding hydrogens is 178 g/mol. The minimum absolute atomic E-state index is 0.107. The van der Waals surface area contributed by atoms with Crippen molar-refractivity contribution in [3.63, 3.8) is 0 Å². The minimum Gasteiger partial charge on any atom is -0.355 e. The largest absolute Gasteiger partial charge is 0.355 e. The molecule has 1 fully saturated rings. The van der Waals surface area contributed by atoms with Crippen LogP contribution in [-0.4, -0.2) is 42.5 Å². The molecule has 4 heteroatoms. The topological polar surface area (TPSA) is 58.4 Å². The quantitative estimate of drug-likeness (QED) is 0.669. The Hall–Kier alpha value is -0.610. The van der Waals surface area contributed by atoms with E-state index in [1.165, 1.54) is 0 Å². The van der Waals surface area contributed by atoms with Gasteiger partial charge < -0.3 is 16.0 Å². The van der Waals surface area contributed by atoms with Gasteiger partial charge >= 0.3 is 0 Å². The van der Waals surface area contributed by atoms with E-state index < -0.39 is 0 Å². The van der Waals surface area contributed by atoms with E-state index >= 15 is 0 Å². The average Bonchev–Trinajstić information content (AvgIpc) is 2.25. The Kier molecular flexibility index (Phi) is 3.89. The summed E-state index contributed by atoms with van der Waals surface area (Å²) in [5.41, 5.74) is 5.80. The Labute approximate surface area is 85.8 Å². The van der Waals surface area contributed by atoms with Crippen molar-refractivity contribution in [1.82, 2.24) is 10.2 Å². The van der Waals surface area contributed by atoms with Crippen LogP contribution in [0, 0.1) is 0 Å². The lowest BCUT2D eigenvalue weighted by molar-refractivity contribution is -0.120. The van der Waals surface area contributed by atoms with Gasteiger partial charge in [-0.15, -0.1) is 0 Å². The number of hydrogen-bond acceptors (Lipinski definition) is 3. The van der Waals surface area contributed by atoms with Crippen molar-refractivity contribution in [1.29, 1.82) is 0 Å². The minimum atomic E-state index is -0.107. The zero-order valence-electron chi connectivity index (χ0n) is 9.18. The molecule has 0 atom stereocenters. The first-order chi connectivity index (χ1) is 6.47. The third kappa shape index (κ3) is 4.58. The smallest absolute Gasteiger partial charge is 0.221 e. The fraction of sp³-hybridized carbons (Fsp3) is 0.900. The van der Waals surface area contributed by atoms with Gasteiger partial charge in [-0.05, 0) is 26.8 Å². The molecule has 0 aromatic carbocycles. The molecule has 0 spiro atoms. The maximum Gasteiger partial charge on any atom is 0.221 e. The van der Waals surface area contributed by atoms with Gasteiger partial charge in [-0.25, -0.2) is 0 Å². The predicted molar refractivity (Wildman–Crippen MR) is 57.0 cm³/mol. The molecule has 1 aliphatic rings. The van der Waals surface area contributed by atoms with E-state index in [0.717, 1.165) is 32.6 Å². The summed E-state index contributed by atoms with van der Waals surface area (Å²) in [7, 11) is 0.